The number of hydrogen-bond acceptors (Lipinski definition) is 8. The molecular formula is C20H24N6OS2. The molecule has 1 aliphatic rings. The molecule has 1 aliphatic heterocycles. The molecule has 0 bridgehead atoms. The molecule has 3 aromatic rings. The average molecular weight is 429 g/mol. The molecule has 0 aliphatic carbocycles. The predicted octanol–water partition coefficient (Wildman–Crippen LogP) is 3.26. The molecule has 0 spiro atoms. The molecule has 3 heterocycles. The Morgan fingerprint density at radius 3 is 2.62 bits per heavy atom. The first kappa shape index (κ1) is 20.1. The predicted molar refractivity (Wildman–Crippen MR) is 119 cm³/mol. The fourth-order valence-corrected chi connectivity index (χ4v) is 4.81. The number of likely N-dealkylation sites (N-methyl/N-ethyl adjacent to an activating group) is 1. The lowest BCUT2D eigenvalue weighted by Crippen LogP contribution is -2.48. The number of nitrogens with zero attached hydrogens (tertiary/aromatic N) is 5. The van der Waals surface area contributed by atoms with Gasteiger partial charge < -0.3 is 15.1 Å². The Labute approximate surface area is 178 Å². The van der Waals surface area contributed by atoms with Gasteiger partial charge in [0.2, 0.25) is 5.91 Å². The van der Waals surface area contributed by atoms with Crippen molar-refractivity contribution in [3.05, 3.63) is 36.2 Å². The van der Waals surface area contributed by atoms with E-state index in [1.54, 1.807) is 23.1 Å². The SMILES string of the molecule is CCN1CCN(C(=O)Cc2ccc(Nc3ncnc4nc(SC)sc34)cc2)CC1. The zero-order chi connectivity index (χ0) is 20.2. The smallest absolute Gasteiger partial charge is 0.227 e. The number of thiazole rings is 1. The van der Waals surface area contributed by atoms with E-state index in [4.69, 9.17) is 0 Å². The van der Waals surface area contributed by atoms with Gasteiger partial charge in [-0.3, -0.25) is 4.79 Å². The minimum Gasteiger partial charge on any atom is -0.340 e. The van der Waals surface area contributed by atoms with Crippen LogP contribution in [0.25, 0.3) is 10.3 Å². The van der Waals surface area contributed by atoms with Gasteiger partial charge in [-0.2, -0.15) is 0 Å². The Morgan fingerprint density at radius 2 is 1.93 bits per heavy atom. The highest BCUT2D eigenvalue weighted by Crippen LogP contribution is 2.32. The molecule has 7 nitrogen and oxygen atoms in total. The van der Waals surface area contributed by atoms with E-state index < -0.39 is 0 Å². The molecule has 29 heavy (non-hydrogen) atoms. The number of rotatable bonds is 6. The monoisotopic (exact) mass is 428 g/mol. The number of carbonyl (C=O) groups excluding carboxylic acids is 1. The number of fused-ring (bicyclic) bond motifs is 1. The highest BCUT2D eigenvalue weighted by atomic mass is 32.2. The van der Waals surface area contributed by atoms with Crippen LogP contribution in [0.2, 0.25) is 0 Å². The van der Waals surface area contributed by atoms with E-state index in [-0.39, 0.29) is 5.91 Å². The first-order valence-corrected chi connectivity index (χ1v) is 11.7. The van der Waals surface area contributed by atoms with Crippen LogP contribution in [0.15, 0.2) is 34.9 Å². The molecule has 2 aromatic heterocycles. The topological polar surface area (TPSA) is 74.2 Å². The Bertz CT molecular complexity index is 982. The number of benzene rings is 1. The van der Waals surface area contributed by atoms with E-state index in [2.05, 4.69) is 32.1 Å². The molecule has 1 N–H and O–H groups in total. The zero-order valence-electron chi connectivity index (χ0n) is 16.6. The summed E-state index contributed by atoms with van der Waals surface area (Å²) in [7, 11) is 0. The van der Waals surface area contributed by atoms with Crippen molar-refractivity contribution in [1.82, 2.24) is 24.8 Å². The van der Waals surface area contributed by atoms with Gasteiger partial charge in [0.25, 0.3) is 0 Å². The zero-order valence-corrected chi connectivity index (χ0v) is 18.2. The normalized spacial score (nSPS) is 15.0. The van der Waals surface area contributed by atoms with Gasteiger partial charge in [-0.15, -0.1) is 11.3 Å². The van der Waals surface area contributed by atoms with Crippen molar-refractivity contribution in [2.75, 3.05) is 44.3 Å². The van der Waals surface area contributed by atoms with Crippen LogP contribution in [-0.2, 0) is 11.2 Å². The van der Waals surface area contributed by atoms with Crippen LogP contribution in [0.4, 0.5) is 11.5 Å². The highest BCUT2D eigenvalue weighted by Gasteiger charge is 2.20. The summed E-state index contributed by atoms with van der Waals surface area (Å²) in [6.45, 7) is 6.79. The van der Waals surface area contributed by atoms with E-state index in [1.165, 1.54) is 6.33 Å². The second kappa shape index (κ2) is 9.06. The summed E-state index contributed by atoms with van der Waals surface area (Å²) in [4.78, 5) is 30.0. The van der Waals surface area contributed by atoms with Crippen molar-refractivity contribution in [2.45, 2.75) is 17.7 Å². The Hall–Kier alpha value is -2.23. The first-order chi connectivity index (χ1) is 14.2. The minimum atomic E-state index is 0.202. The van der Waals surface area contributed by atoms with Gasteiger partial charge in [-0.05, 0) is 30.5 Å². The lowest BCUT2D eigenvalue weighted by atomic mass is 10.1. The minimum absolute atomic E-state index is 0.202. The van der Waals surface area contributed by atoms with Crippen molar-refractivity contribution in [1.29, 1.82) is 0 Å². The molecule has 1 aromatic carbocycles. The number of piperazine rings is 1. The molecule has 1 saturated heterocycles. The Morgan fingerprint density at radius 1 is 1.17 bits per heavy atom. The van der Waals surface area contributed by atoms with Gasteiger partial charge in [0.1, 0.15) is 11.0 Å². The highest BCUT2D eigenvalue weighted by molar-refractivity contribution is 8.00. The fraction of sp³-hybridized carbons (Fsp3) is 0.400. The summed E-state index contributed by atoms with van der Waals surface area (Å²) in [5, 5.41) is 3.35. The summed E-state index contributed by atoms with van der Waals surface area (Å²) in [5.74, 6) is 0.957. The van der Waals surface area contributed by atoms with Gasteiger partial charge in [0.05, 0.1) is 6.42 Å². The number of thioether (sulfide) groups is 1. The van der Waals surface area contributed by atoms with Crippen LogP contribution in [0, 0.1) is 0 Å². The van der Waals surface area contributed by atoms with Crippen LogP contribution >= 0.6 is 23.1 Å². The summed E-state index contributed by atoms with van der Waals surface area (Å²) < 4.78 is 1.92. The van der Waals surface area contributed by atoms with E-state index in [9.17, 15) is 4.79 Å². The van der Waals surface area contributed by atoms with Gasteiger partial charge in [-0.1, -0.05) is 30.8 Å². The van der Waals surface area contributed by atoms with Crippen molar-refractivity contribution in [3.63, 3.8) is 0 Å². The molecular weight excluding hydrogens is 404 g/mol. The fourth-order valence-electron chi connectivity index (χ4n) is 3.35. The number of nitrogens with one attached hydrogen (secondary N) is 1. The van der Waals surface area contributed by atoms with Crippen molar-refractivity contribution < 1.29 is 4.79 Å². The maximum absolute atomic E-state index is 12.6. The van der Waals surface area contributed by atoms with Crippen molar-refractivity contribution in [3.8, 4) is 0 Å². The quantitative estimate of drug-likeness (QED) is 0.604. The largest absolute Gasteiger partial charge is 0.340 e. The number of amides is 1. The number of carbonyl (C=O) groups is 1. The molecule has 1 amide bonds. The third-order valence-electron chi connectivity index (χ3n) is 5.09. The van der Waals surface area contributed by atoms with Crippen LogP contribution in [0.1, 0.15) is 12.5 Å². The molecule has 9 heteroatoms. The molecule has 0 atom stereocenters. The standard InChI is InChI=1S/C20H24N6OS2/c1-3-25-8-10-26(11-9-25)16(27)12-14-4-6-15(7-5-14)23-18-17-19(22-13-21-18)24-20(28-2)29-17/h4-7,13H,3,8-12H2,1-2H3,(H,21,22,23). The third-order valence-corrected chi connectivity index (χ3v) is 7.13. The Balaban J connectivity index is 1.40. The first-order valence-electron chi connectivity index (χ1n) is 9.68. The average Bonchev–Trinajstić information content (AvgIpc) is 3.20. The number of aromatic nitrogens is 3. The lowest BCUT2D eigenvalue weighted by molar-refractivity contribution is -0.132. The molecule has 0 saturated carbocycles. The van der Waals surface area contributed by atoms with Gasteiger partial charge in [0.15, 0.2) is 15.8 Å². The summed E-state index contributed by atoms with van der Waals surface area (Å²) in [6.07, 6.45) is 3.97. The van der Waals surface area contributed by atoms with Crippen LogP contribution in [-0.4, -0.2) is 69.6 Å². The van der Waals surface area contributed by atoms with Gasteiger partial charge in [-0.25, -0.2) is 15.0 Å². The summed E-state index contributed by atoms with van der Waals surface area (Å²) >= 11 is 3.19. The van der Waals surface area contributed by atoms with Crippen LogP contribution in [0.5, 0.6) is 0 Å². The maximum atomic E-state index is 12.6. The molecule has 152 valence electrons. The molecule has 1 fully saturated rings. The third kappa shape index (κ3) is 4.68. The summed E-state index contributed by atoms with van der Waals surface area (Å²) in [5.41, 5.74) is 2.66. The van der Waals surface area contributed by atoms with E-state index >= 15 is 0 Å². The summed E-state index contributed by atoms with van der Waals surface area (Å²) in [6, 6.07) is 7.98. The molecule has 0 radical (unpaired) electrons. The van der Waals surface area contributed by atoms with E-state index in [0.717, 1.165) is 58.8 Å². The number of anilines is 2. The van der Waals surface area contributed by atoms with Crippen LogP contribution < -0.4 is 5.32 Å². The molecule has 4 rings (SSSR count). The van der Waals surface area contributed by atoms with Gasteiger partial charge >= 0.3 is 0 Å². The second-order valence-corrected chi connectivity index (χ2v) is 8.93. The maximum Gasteiger partial charge on any atom is 0.227 e. The van der Waals surface area contributed by atoms with Crippen LogP contribution in [0.3, 0.4) is 0 Å². The van der Waals surface area contributed by atoms with Gasteiger partial charge in [0, 0.05) is 31.9 Å². The van der Waals surface area contributed by atoms with E-state index in [0.29, 0.717) is 12.1 Å². The van der Waals surface area contributed by atoms with Crippen molar-refractivity contribution in [2.24, 2.45) is 0 Å². The number of hydrogen-bond donors (Lipinski definition) is 1. The van der Waals surface area contributed by atoms with Crippen molar-refractivity contribution >= 4 is 50.9 Å². The Kier molecular flexibility index (Phi) is 6.27. The molecule has 0 unspecified atom stereocenters. The second-order valence-electron chi connectivity index (χ2n) is 6.87. The van der Waals surface area contributed by atoms with E-state index in [1.807, 2.05) is 35.4 Å². The lowest BCUT2D eigenvalue weighted by Gasteiger charge is -2.34.